The van der Waals surface area contributed by atoms with Crippen LogP contribution in [0, 0.1) is 5.92 Å². The fourth-order valence-corrected chi connectivity index (χ4v) is 2.43. The van der Waals surface area contributed by atoms with Crippen molar-refractivity contribution >= 4 is 5.91 Å². The van der Waals surface area contributed by atoms with Crippen LogP contribution in [-0.2, 0) is 4.79 Å². The first-order chi connectivity index (χ1) is 9.56. The van der Waals surface area contributed by atoms with Gasteiger partial charge in [0, 0.05) is 32.0 Å². The molecule has 0 radical (unpaired) electrons. The normalized spacial score (nSPS) is 16.8. The summed E-state index contributed by atoms with van der Waals surface area (Å²) in [5.41, 5.74) is 2.60. The summed E-state index contributed by atoms with van der Waals surface area (Å²) in [6, 6.07) is 8.66. The molecule has 0 aliphatic carbocycles. The minimum atomic E-state index is 0.164. The van der Waals surface area contributed by atoms with Crippen LogP contribution in [0.2, 0.25) is 0 Å². The molecule has 1 aliphatic rings. The third-order valence-corrected chi connectivity index (χ3v) is 4.12. The second kappa shape index (κ2) is 6.89. The summed E-state index contributed by atoms with van der Waals surface area (Å²) in [4.78, 5) is 11.9. The number of carbonyl (C=O) groups is 1. The smallest absolute Gasteiger partial charge is 0.220 e. The molecule has 1 heterocycles. The summed E-state index contributed by atoms with van der Waals surface area (Å²) in [6.07, 6.45) is 0.571. The summed E-state index contributed by atoms with van der Waals surface area (Å²) >= 11 is 0. The maximum absolute atomic E-state index is 11.9. The number of nitrogens with one attached hydrogen (secondary N) is 2. The monoisotopic (exact) mass is 274 g/mol. The Hall–Kier alpha value is -1.35. The van der Waals surface area contributed by atoms with Crippen molar-refractivity contribution in [1.82, 2.24) is 10.6 Å². The zero-order valence-electron chi connectivity index (χ0n) is 12.8. The number of rotatable bonds is 6. The van der Waals surface area contributed by atoms with Gasteiger partial charge in [0.1, 0.15) is 0 Å². The molecule has 1 saturated heterocycles. The summed E-state index contributed by atoms with van der Waals surface area (Å²) in [5.74, 6) is 1.62. The van der Waals surface area contributed by atoms with Crippen LogP contribution < -0.4 is 10.6 Å². The van der Waals surface area contributed by atoms with Crippen molar-refractivity contribution in [2.45, 2.75) is 39.0 Å². The Morgan fingerprint density at radius 1 is 1.20 bits per heavy atom. The molecule has 1 fully saturated rings. The molecule has 110 valence electrons. The summed E-state index contributed by atoms with van der Waals surface area (Å²) < 4.78 is 0. The highest BCUT2D eigenvalue weighted by atomic mass is 16.1. The Bertz CT molecular complexity index is 435. The predicted molar refractivity (Wildman–Crippen MR) is 82.9 cm³/mol. The lowest BCUT2D eigenvalue weighted by Gasteiger charge is -2.27. The van der Waals surface area contributed by atoms with Gasteiger partial charge in [0.05, 0.1) is 0 Å². The maximum Gasteiger partial charge on any atom is 0.220 e. The molecule has 0 bridgehead atoms. The van der Waals surface area contributed by atoms with Crippen LogP contribution in [-0.4, -0.2) is 25.5 Å². The quantitative estimate of drug-likeness (QED) is 0.837. The first-order valence-electron chi connectivity index (χ1n) is 7.63. The van der Waals surface area contributed by atoms with E-state index in [-0.39, 0.29) is 11.8 Å². The van der Waals surface area contributed by atoms with E-state index in [2.05, 4.69) is 55.7 Å². The average molecular weight is 274 g/mol. The first-order valence-corrected chi connectivity index (χ1v) is 7.63. The molecule has 2 N–H and O–H groups in total. The number of hydrogen-bond donors (Lipinski definition) is 2. The Kier molecular flexibility index (Phi) is 5.18. The third-order valence-electron chi connectivity index (χ3n) is 4.12. The van der Waals surface area contributed by atoms with Crippen molar-refractivity contribution in [1.29, 1.82) is 0 Å². The molecule has 1 aromatic rings. The topological polar surface area (TPSA) is 41.1 Å². The lowest BCUT2D eigenvalue weighted by atomic mass is 9.94. The molecule has 20 heavy (non-hydrogen) atoms. The van der Waals surface area contributed by atoms with Crippen LogP contribution in [0.5, 0.6) is 0 Å². The van der Waals surface area contributed by atoms with Crippen LogP contribution in [0.15, 0.2) is 24.3 Å². The van der Waals surface area contributed by atoms with Gasteiger partial charge in [-0.1, -0.05) is 45.0 Å². The minimum absolute atomic E-state index is 0.164. The molecular formula is C17H26N2O. The molecule has 1 amide bonds. The van der Waals surface area contributed by atoms with Crippen molar-refractivity contribution in [2.24, 2.45) is 5.92 Å². The molecule has 0 saturated carbocycles. The van der Waals surface area contributed by atoms with E-state index in [4.69, 9.17) is 0 Å². The van der Waals surface area contributed by atoms with Gasteiger partial charge in [-0.15, -0.1) is 0 Å². The number of amides is 1. The van der Waals surface area contributed by atoms with Gasteiger partial charge in [-0.05, 0) is 23.0 Å². The minimum Gasteiger partial charge on any atom is -0.356 e. The van der Waals surface area contributed by atoms with E-state index in [1.807, 2.05) is 0 Å². The number of benzene rings is 1. The highest BCUT2D eigenvalue weighted by molar-refractivity contribution is 5.76. The lowest BCUT2D eigenvalue weighted by Crippen LogP contribution is -2.48. The van der Waals surface area contributed by atoms with Crippen LogP contribution in [0.4, 0.5) is 0 Å². The van der Waals surface area contributed by atoms with Crippen molar-refractivity contribution in [2.75, 3.05) is 19.6 Å². The van der Waals surface area contributed by atoms with E-state index < -0.39 is 0 Å². The Morgan fingerprint density at radius 2 is 1.80 bits per heavy atom. The molecule has 0 aromatic heterocycles. The standard InChI is InChI=1S/C17H26N2O/c1-12(2)15-4-6-16(7-5-15)13(3)8-17(20)19-11-14-9-18-10-14/h4-7,12-14,18H,8-11H2,1-3H3,(H,19,20). The zero-order valence-corrected chi connectivity index (χ0v) is 12.8. The molecule has 1 unspecified atom stereocenters. The van der Waals surface area contributed by atoms with E-state index in [0.29, 0.717) is 18.3 Å². The van der Waals surface area contributed by atoms with E-state index in [1.165, 1.54) is 11.1 Å². The fourth-order valence-electron chi connectivity index (χ4n) is 2.43. The molecule has 1 aromatic carbocycles. The highest BCUT2D eigenvalue weighted by Crippen LogP contribution is 2.22. The van der Waals surface area contributed by atoms with Gasteiger partial charge in [-0.2, -0.15) is 0 Å². The van der Waals surface area contributed by atoms with E-state index in [1.54, 1.807) is 0 Å². The molecule has 2 rings (SSSR count). The Balaban J connectivity index is 1.80. The second-order valence-electron chi connectivity index (χ2n) is 6.25. The van der Waals surface area contributed by atoms with Gasteiger partial charge >= 0.3 is 0 Å². The van der Waals surface area contributed by atoms with Crippen LogP contribution in [0.1, 0.15) is 50.2 Å². The predicted octanol–water partition coefficient (Wildman–Crippen LogP) is 2.64. The summed E-state index contributed by atoms with van der Waals surface area (Å²) in [6.45, 7) is 9.39. The van der Waals surface area contributed by atoms with Crippen LogP contribution in [0.25, 0.3) is 0 Å². The lowest BCUT2D eigenvalue weighted by molar-refractivity contribution is -0.121. The molecule has 3 nitrogen and oxygen atoms in total. The summed E-state index contributed by atoms with van der Waals surface area (Å²) in [5, 5.41) is 6.25. The van der Waals surface area contributed by atoms with Gasteiger partial charge in [-0.3, -0.25) is 4.79 Å². The van der Waals surface area contributed by atoms with Crippen molar-refractivity contribution in [3.05, 3.63) is 35.4 Å². The molecule has 1 atom stereocenters. The highest BCUT2D eigenvalue weighted by Gasteiger charge is 2.18. The number of hydrogen-bond acceptors (Lipinski definition) is 2. The maximum atomic E-state index is 11.9. The second-order valence-corrected chi connectivity index (χ2v) is 6.25. The van der Waals surface area contributed by atoms with Gasteiger partial charge < -0.3 is 10.6 Å². The largest absolute Gasteiger partial charge is 0.356 e. The van der Waals surface area contributed by atoms with E-state index >= 15 is 0 Å². The van der Waals surface area contributed by atoms with E-state index in [0.717, 1.165) is 19.6 Å². The SMILES string of the molecule is CC(C)c1ccc(C(C)CC(=O)NCC2CNC2)cc1. The van der Waals surface area contributed by atoms with Crippen molar-refractivity contribution < 1.29 is 4.79 Å². The van der Waals surface area contributed by atoms with Crippen molar-refractivity contribution in [3.8, 4) is 0 Å². The Morgan fingerprint density at radius 3 is 2.30 bits per heavy atom. The third kappa shape index (κ3) is 4.07. The fraction of sp³-hybridized carbons (Fsp3) is 0.588. The first kappa shape index (κ1) is 15.0. The number of carbonyl (C=O) groups excluding carboxylic acids is 1. The van der Waals surface area contributed by atoms with E-state index in [9.17, 15) is 4.79 Å². The van der Waals surface area contributed by atoms with Crippen LogP contribution >= 0.6 is 0 Å². The molecule has 0 spiro atoms. The van der Waals surface area contributed by atoms with Crippen molar-refractivity contribution in [3.63, 3.8) is 0 Å². The van der Waals surface area contributed by atoms with Crippen LogP contribution in [0.3, 0.4) is 0 Å². The molecular weight excluding hydrogens is 248 g/mol. The van der Waals surface area contributed by atoms with Gasteiger partial charge in [-0.25, -0.2) is 0 Å². The van der Waals surface area contributed by atoms with Gasteiger partial charge in [0.25, 0.3) is 0 Å². The molecule has 1 aliphatic heterocycles. The summed E-state index contributed by atoms with van der Waals surface area (Å²) in [7, 11) is 0. The van der Waals surface area contributed by atoms with Gasteiger partial charge in [0.15, 0.2) is 0 Å². The molecule has 3 heteroatoms. The Labute approximate surface area is 122 Å². The average Bonchev–Trinajstić information content (AvgIpc) is 2.37. The zero-order chi connectivity index (χ0) is 14.5. The van der Waals surface area contributed by atoms with Gasteiger partial charge in [0.2, 0.25) is 5.91 Å².